The van der Waals surface area contributed by atoms with Gasteiger partial charge in [0.05, 0.1) is 27.7 Å². The Morgan fingerprint density at radius 3 is 2.47 bits per heavy atom. The Bertz CT molecular complexity index is 1090. The van der Waals surface area contributed by atoms with Crippen LogP contribution in [0.1, 0.15) is 38.2 Å². The van der Waals surface area contributed by atoms with Gasteiger partial charge in [-0.3, -0.25) is 13.8 Å². The summed E-state index contributed by atoms with van der Waals surface area (Å²) >= 11 is 0. The van der Waals surface area contributed by atoms with E-state index in [0.29, 0.717) is 29.7 Å². The Hall–Kier alpha value is -2.53. The molecule has 0 saturated carbocycles. The lowest BCUT2D eigenvalue weighted by Crippen LogP contribution is -2.58. The first-order valence-electron chi connectivity index (χ1n) is 10.2. The molecule has 3 atom stereocenters. The maximum atomic E-state index is 12.9. The standard InChI is InChI=1S/C21H26N2O7S2/c1-3-15-16-11-17(31(27)10-4-5-18(22)24)19(23(16)20(15)25)21(26)30-12-13-6-8-14(9-7-13)32(2,28)29/h6-9,15-16H,3-5,10-12H2,1-2H3,(H2,22,24). The van der Waals surface area contributed by atoms with Gasteiger partial charge in [-0.25, -0.2) is 13.2 Å². The van der Waals surface area contributed by atoms with E-state index >= 15 is 0 Å². The van der Waals surface area contributed by atoms with Crippen LogP contribution in [0.25, 0.3) is 0 Å². The molecule has 2 amide bonds. The molecule has 9 nitrogen and oxygen atoms in total. The molecule has 1 saturated heterocycles. The minimum atomic E-state index is -3.34. The second-order valence-electron chi connectivity index (χ2n) is 7.88. The van der Waals surface area contributed by atoms with Crippen molar-refractivity contribution < 1.29 is 31.7 Å². The van der Waals surface area contributed by atoms with Crippen LogP contribution in [0.4, 0.5) is 0 Å². The van der Waals surface area contributed by atoms with E-state index in [-0.39, 0.29) is 47.2 Å². The summed E-state index contributed by atoms with van der Waals surface area (Å²) in [5.41, 5.74) is 5.73. The molecular weight excluding hydrogens is 456 g/mol. The minimum absolute atomic E-state index is 0.0230. The number of amides is 2. The highest BCUT2D eigenvalue weighted by Crippen LogP contribution is 2.45. The van der Waals surface area contributed by atoms with Crippen molar-refractivity contribution in [1.29, 1.82) is 0 Å². The van der Waals surface area contributed by atoms with Gasteiger partial charge in [0.15, 0.2) is 9.84 Å². The van der Waals surface area contributed by atoms with Gasteiger partial charge < -0.3 is 15.4 Å². The number of rotatable bonds is 10. The number of sulfone groups is 1. The zero-order valence-electron chi connectivity index (χ0n) is 17.9. The van der Waals surface area contributed by atoms with E-state index in [1.807, 2.05) is 6.92 Å². The minimum Gasteiger partial charge on any atom is -0.456 e. The monoisotopic (exact) mass is 482 g/mol. The van der Waals surface area contributed by atoms with Crippen molar-refractivity contribution in [2.24, 2.45) is 11.7 Å². The first kappa shape index (κ1) is 24.1. The molecule has 0 spiro atoms. The van der Waals surface area contributed by atoms with Crippen LogP contribution in [0.5, 0.6) is 0 Å². The van der Waals surface area contributed by atoms with Gasteiger partial charge in [0.2, 0.25) is 11.8 Å². The van der Waals surface area contributed by atoms with E-state index in [4.69, 9.17) is 10.5 Å². The molecule has 3 unspecified atom stereocenters. The van der Waals surface area contributed by atoms with Crippen molar-refractivity contribution in [3.8, 4) is 0 Å². The number of fused-ring (bicyclic) bond motifs is 1. The van der Waals surface area contributed by atoms with Crippen LogP contribution in [0.2, 0.25) is 0 Å². The van der Waals surface area contributed by atoms with Gasteiger partial charge in [0, 0.05) is 29.8 Å². The average Bonchev–Trinajstić information content (AvgIpc) is 3.07. The molecule has 3 rings (SSSR count). The summed E-state index contributed by atoms with van der Waals surface area (Å²) in [4.78, 5) is 38.3. The first-order chi connectivity index (χ1) is 15.0. The molecule has 174 valence electrons. The van der Waals surface area contributed by atoms with Crippen LogP contribution in [-0.2, 0) is 46.4 Å². The molecule has 2 aliphatic heterocycles. The van der Waals surface area contributed by atoms with Gasteiger partial charge in [0.25, 0.3) is 0 Å². The van der Waals surface area contributed by atoms with Crippen molar-refractivity contribution in [3.05, 3.63) is 40.4 Å². The first-order valence-corrected chi connectivity index (χ1v) is 13.4. The molecule has 0 aromatic heterocycles. The molecule has 11 heteroatoms. The van der Waals surface area contributed by atoms with Gasteiger partial charge in [-0.05, 0) is 30.5 Å². The number of hydrogen-bond acceptors (Lipinski definition) is 7. The number of ether oxygens (including phenoxy) is 1. The molecule has 1 aromatic carbocycles. The third-order valence-electron chi connectivity index (χ3n) is 5.63. The fraction of sp³-hybridized carbons (Fsp3) is 0.476. The second-order valence-corrected chi connectivity index (χ2v) is 11.5. The molecule has 1 fully saturated rings. The quantitative estimate of drug-likeness (QED) is 0.387. The topological polar surface area (TPSA) is 141 Å². The lowest BCUT2D eigenvalue weighted by atomic mass is 9.85. The molecule has 1 aromatic rings. The highest BCUT2D eigenvalue weighted by Gasteiger charge is 2.55. The van der Waals surface area contributed by atoms with Crippen molar-refractivity contribution in [2.75, 3.05) is 12.0 Å². The van der Waals surface area contributed by atoms with Crippen molar-refractivity contribution in [2.45, 2.75) is 50.2 Å². The number of nitrogens with two attached hydrogens (primary N) is 1. The number of carbonyl (C=O) groups is 3. The number of carbonyl (C=O) groups excluding carboxylic acids is 3. The number of β-lactam (4-membered cyclic amide) rings is 1. The molecule has 2 N–H and O–H groups in total. The Morgan fingerprint density at radius 1 is 1.25 bits per heavy atom. The normalized spacial score (nSPS) is 21.2. The van der Waals surface area contributed by atoms with Crippen LogP contribution in [0.3, 0.4) is 0 Å². The summed E-state index contributed by atoms with van der Waals surface area (Å²) in [5, 5.41) is 0. The number of benzene rings is 1. The molecule has 0 aliphatic carbocycles. The number of primary amides is 1. The predicted octanol–water partition coefficient (Wildman–Crippen LogP) is 1.000. The summed E-state index contributed by atoms with van der Waals surface area (Å²) in [7, 11) is -4.88. The number of esters is 1. The van der Waals surface area contributed by atoms with Crippen LogP contribution < -0.4 is 5.73 Å². The molecule has 0 radical (unpaired) electrons. The largest absolute Gasteiger partial charge is 0.456 e. The van der Waals surface area contributed by atoms with E-state index in [9.17, 15) is 27.0 Å². The SMILES string of the molecule is CCC1C(=O)N2C(C(=O)OCc3ccc(S(C)(=O)=O)cc3)=C(S(=O)CCCC(N)=O)CC12. The van der Waals surface area contributed by atoms with Gasteiger partial charge in [-0.1, -0.05) is 19.1 Å². The Labute approximate surface area is 189 Å². The zero-order valence-corrected chi connectivity index (χ0v) is 19.5. The summed E-state index contributed by atoms with van der Waals surface area (Å²) in [6, 6.07) is 5.72. The van der Waals surface area contributed by atoms with Crippen LogP contribution in [0, 0.1) is 5.92 Å². The van der Waals surface area contributed by atoms with Gasteiger partial charge >= 0.3 is 5.97 Å². The predicted molar refractivity (Wildman–Crippen MR) is 117 cm³/mol. The van der Waals surface area contributed by atoms with Crippen molar-refractivity contribution in [3.63, 3.8) is 0 Å². The van der Waals surface area contributed by atoms with Gasteiger partial charge in [-0.15, -0.1) is 0 Å². The molecule has 0 bridgehead atoms. The van der Waals surface area contributed by atoms with E-state index in [1.165, 1.54) is 17.0 Å². The third-order valence-corrected chi connectivity index (χ3v) is 8.33. The lowest BCUT2D eigenvalue weighted by molar-refractivity contribution is -0.157. The van der Waals surface area contributed by atoms with Gasteiger partial charge in [0.1, 0.15) is 12.3 Å². The van der Waals surface area contributed by atoms with Crippen LogP contribution in [0.15, 0.2) is 39.8 Å². The lowest BCUT2D eigenvalue weighted by Gasteiger charge is -2.43. The average molecular weight is 483 g/mol. The summed E-state index contributed by atoms with van der Waals surface area (Å²) in [6.07, 6.45) is 2.46. The maximum absolute atomic E-state index is 12.9. The van der Waals surface area contributed by atoms with Gasteiger partial charge in [-0.2, -0.15) is 0 Å². The van der Waals surface area contributed by atoms with E-state index < -0.39 is 32.5 Å². The van der Waals surface area contributed by atoms with Crippen molar-refractivity contribution in [1.82, 2.24) is 4.90 Å². The molecular formula is C21H26N2O7S2. The molecule has 32 heavy (non-hydrogen) atoms. The van der Waals surface area contributed by atoms with E-state index in [2.05, 4.69) is 0 Å². The summed E-state index contributed by atoms with van der Waals surface area (Å²) < 4.78 is 41.4. The molecule has 2 heterocycles. The van der Waals surface area contributed by atoms with Crippen LogP contribution >= 0.6 is 0 Å². The maximum Gasteiger partial charge on any atom is 0.356 e. The fourth-order valence-corrected chi connectivity index (χ4v) is 5.98. The second kappa shape index (κ2) is 9.53. The fourth-order valence-electron chi connectivity index (χ4n) is 3.95. The highest BCUT2D eigenvalue weighted by molar-refractivity contribution is 7.90. The smallest absolute Gasteiger partial charge is 0.356 e. The van der Waals surface area contributed by atoms with Crippen molar-refractivity contribution >= 4 is 38.4 Å². The number of hydrogen-bond donors (Lipinski definition) is 1. The Morgan fingerprint density at radius 2 is 1.91 bits per heavy atom. The van der Waals surface area contributed by atoms with E-state index in [1.54, 1.807) is 12.1 Å². The van der Waals surface area contributed by atoms with Crippen LogP contribution in [-0.4, -0.2) is 53.4 Å². The Balaban J connectivity index is 1.75. The zero-order chi connectivity index (χ0) is 23.6. The highest BCUT2D eigenvalue weighted by atomic mass is 32.2. The number of nitrogens with zero attached hydrogens (tertiary/aromatic N) is 1. The summed E-state index contributed by atoms with van der Waals surface area (Å²) in [6.45, 7) is 1.76. The Kier molecular flexibility index (Phi) is 7.19. The third kappa shape index (κ3) is 4.93. The summed E-state index contributed by atoms with van der Waals surface area (Å²) in [5.74, 6) is -1.49. The van der Waals surface area contributed by atoms with E-state index in [0.717, 1.165) is 6.26 Å². The molecule has 2 aliphatic rings.